The number of unbranched alkanes of at least 4 members (excludes halogenated alkanes) is 1. The third kappa shape index (κ3) is 6.14. The zero-order chi connectivity index (χ0) is 9.40. The zero-order valence-corrected chi connectivity index (χ0v) is 8.47. The molecule has 0 aliphatic rings. The molecule has 12 heavy (non-hydrogen) atoms. The second kappa shape index (κ2) is 7.08. The van der Waals surface area contributed by atoms with E-state index < -0.39 is 0 Å². The van der Waals surface area contributed by atoms with E-state index in [1.54, 1.807) is 0 Å². The number of aldehydes is 1. The quantitative estimate of drug-likeness (QED) is 0.439. The van der Waals surface area contributed by atoms with E-state index in [2.05, 4.69) is 13.8 Å². The van der Waals surface area contributed by atoms with Gasteiger partial charge in [-0.15, -0.1) is 0 Å². The van der Waals surface area contributed by atoms with Crippen molar-refractivity contribution in [2.24, 2.45) is 5.92 Å². The highest BCUT2D eigenvalue weighted by atomic mass is 16.1. The molecule has 0 rings (SSSR count). The van der Waals surface area contributed by atoms with Gasteiger partial charge in [-0.2, -0.15) is 0 Å². The number of hydrogen-bond acceptors (Lipinski definition) is 1. The maximum absolute atomic E-state index is 10.3. The van der Waals surface area contributed by atoms with E-state index in [0.717, 1.165) is 24.2 Å². The van der Waals surface area contributed by atoms with E-state index in [1.807, 2.05) is 13.0 Å². The summed E-state index contributed by atoms with van der Waals surface area (Å²) in [7, 11) is 0. The minimum Gasteiger partial charge on any atom is -0.298 e. The van der Waals surface area contributed by atoms with E-state index in [-0.39, 0.29) is 0 Å². The Hall–Kier alpha value is -0.590. The lowest BCUT2D eigenvalue weighted by Gasteiger charge is -2.06. The number of carbonyl (C=O) groups excluding carboxylic acids is 1. The lowest BCUT2D eigenvalue weighted by atomic mass is 10.00. The molecular formula is C11H20O. The molecule has 0 saturated carbocycles. The topological polar surface area (TPSA) is 17.1 Å². The first-order chi connectivity index (χ1) is 5.70. The van der Waals surface area contributed by atoms with Crippen molar-refractivity contribution in [2.45, 2.75) is 46.5 Å². The molecule has 0 aliphatic heterocycles. The molecule has 1 nitrogen and oxygen atoms in total. The summed E-state index contributed by atoms with van der Waals surface area (Å²) in [5.41, 5.74) is 0.860. The van der Waals surface area contributed by atoms with Crippen LogP contribution in [-0.4, -0.2) is 6.29 Å². The summed E-state index contributed by atoms with van der Waals surface area (Å²) in [5.74, 6) is 0.722. The minimum absolute atomic E-state index is 0.722. The van der Waals surface area contributed by atoms with E-state index in [0.29, 0.717) is 0 Å². The van der Waals surface area contributed by atoms with Gasteiger partial charge in [0.25, 0.3) is 0 Å². The second-order valence-corrected chi connectivity index (χ2v) is 3.55. The van der Waals surface area contributed by atoms with Crippen LogP contribution in [0.1, 0.15) is 46.5 Å². The number of carbonyl (C=O) groups is 1. The lowest BCUT2D eigenvalue weighted by Crippen LogP contribution is -1.92. The molecule has 0 amide bonds. The first-order valence-electron chi connectivity index (χ1n) is 4.82. The van der Waals surface area contributed by atoms with Gasteiger partial charge in [-0.05, 0) is 24.8 Å². The molecule has 0 fully saturated rings. The average Bonchev–Trinajstić information content (AvgIpc) is 2.10. The minimum atomic E-state index is 0.722. The van der Waals surface area contributed by atoms with Crippen LogP contribution in [0.3, 0.4) is 0 Å². The van der Waals surface area contributed by atoms with Crippen molar-refractivity contribution in [1.29, 1.82) is 0 Å². The predicted molar refractivity (Wildman–Crippen MR) is 53.1 cm³/mol. The standard InChI is InChI=1S/C11H20O/c1-4-5-6-10(2)7-8-11(3)9-12/h8-10H,4-7H2,1-3H3/b11-8+. The van der Waals surface area contributed by atoms with Crippen molar-refractivity contribution in [3.05, 3.63) is 11.6 Å². The molecule has 1 unspecified atom stereocenters. The molecule has 0 aromatic heterocycles. The smallest absolute Gasteiger partial charge is 0.145 e. The van der Waals surface area contributed by atoms with Crippen LogP contribution in [0.5, 0.6) is 0 Å². The Kier molecular flexibility index (Phi) is 6.73. The Morgan fingerprint density at radius 1 is 1.50 bits per heavy atom. The Morgan fingerprint density at radius 3 is 2.67 bits per heavy atom. The van der Waals surface area contributed by atoms with Gasteiger partial charge in [-0.3, -0.25) is 4.79 Å². The lowest BCUT2D eigenvalue weighted by molar-refractivity contribution is -0.104. The SMILES string of the molecule is CCCCC(C)C/C=C(\C)C=O. The Balaban J connectivity index is 3.55. The van der Waals surface area contributed by atoms with Gasteiger partial charge in [0.05, 0.1) is 0 Å². The Bertz CT molecular complexity index is 147. The molecule has 0 aromatic rings. The van der Waals surface area contributed by atoms with E-state index in [1.165, 1.54) is 19.3 Å². The van der Waals surface area contributed by atoms with Crippen molar-refractivity contribution in [1.82, 2.24) is 0 Å². The van der Waals surface area contributed by atoms with Gasteiger partial charge in [-0.1, -0.05) is 39.2 Å². The molecule has 70 valence electrons. The van der Waals surface area contributed by atoms with E-state index in [4.69, 9.17) is 0 Å². The third-order valence-corrected chi connectivity index (χ3v) is 2.08. The van der Waals surface area contributed by atoms with E-state index in [9.17, 15) is 4.79 Å². The fraction of sp³-hybridized carbons (Fsp3) is 0.727. The highest BCUT2D eigenvalue weighted by Crippen LogP contribution is 2.12. The summed E-state index contributed by atoms with van der Waals surface area (Å²) < 4.78 is 0. The molecule has 0 spiro atoms. The number of rotatable bonds is 6. The summed E-state index contributed by atoms with van der Waals surface area (Å²) in [6, 6.07) is 0. The van der Waals surface area contributed by atoms with Crippen molar-refractivity contribution >= 4 is 6.29 Å². The van der Waals surface area contributed by atoms with Gasteiger partial charge in [0, 0.05) is 0 Å². The molecule has 1 atom stereocenters. The summed E-state index contributed by atoms with van der Waals surface area (Å²) in [4.78, 5) is 10.3. The number of hydrogen-bond donors (Lipinski definition) is 0. The van der Waals surface area contributed by atoms with Crippen LogP contribution in [0.15, 0.2) is 11.6 Å². The summed E-state index contributed by atoms with van der Waals surface area (Å²) >= 11 is 0. The summed E-state index contributed by atoms with van der Waals surface area (Å²) in [6.07, 6.45) is 7.85. The van der Waals surface area contributed by atoms with Crippen LogP contribution in [-0.2, 0) is 4.79 Å². The monoisotopic (exact) mass is 168 g/mol. The van der Waals surface area contributed by atoms with Crippen LogP contribution < -0.4 is 0 Å². The highest BCUT2D eigenvalue weighted by Gasteiger charge is 1.98. The molecule has 0 bridgehead atoms. The normalized spacial score (nSPS) is 14.4. The van der Waals surface area contributed by atoms with Crippen LogP contribution in [0.25, 0.3) is 0 Å². The first kappa shape index (κ1) is 11.4. The van der Waals surface area contributed by atoms with Crippen molar-refractivity contribution in [3.8, 4) is 0 Å². The van der Waals surface area contributed by atoms with Gasteiger partial charge < -0.3 is 0 Å². The molecule has 1 heteroatoms. The molecule has 0 heterocycles. The number of allylic oxidation sites excluding steroid dienone is 2. The molecule has 0 aromatic carbocycles. The average molecular weight is 168 g/mol. The fourth-order valence-corrected chi connectivity index (χ4v) is 1.11. The summed E-state index contributed by atoms with van der Waals surface area (Å²) in [5, 5.41) is 0. The predicted octanol–water partition coefficient (Wildman–Crippen LogP) is 3.35. The van der Waals surface area contributed by atoms with Crippen LogP contribution in [0.4, 0.5) is 0 Å². The molecular weight excluding hydrogens is 148 g/mol. The van der Waals surface area contributed by atoms with Crippen molar-refractivity contribution < 1.29 is 4.79 Å². The summed E-state index contributed by atoms with van der Waals surface area (Å²) in [6.45, 7) is 6.31. The third-order valence-electron chi connectivity index (χ3n) is 2.08. The maximum Gasteiger partial charge on any atom is 0.145 e. The van der Waals surface area contributed by atoms with Gasteiger partial charge in [0.1, 0.15) is 6.29 Å². The van der Waals surface area contributed by atoms with Gasteiger partial charge in [0.15, 0.2) is 0 Å². The molecule has 0 aliphatic carbocycles. The Labute approximate surface area is 75.9 Å². The van der Waals surface area contributed by atoms with Crippen molar-refractivity contribution in [2.75, 3.05) is 0 Å². The zero-order valence-electron chi connectivity index (χ0n) is 8.47. The van der Waals surface area contributed by atoms with Crippen LogP contribution in [0, 0.1) is 5.92 Å². The molecule has 0 saturated heterocycles. The van der Waals surface area contributed by atoms with Crippen molar-refractivity contribution in [3.63, 3.8) is 0 Å². The second-order valence-electron chi connectivity index (χ2n) is 3.55. The maximum atomic E-state index is 10.3. The molecule has 0 N–H and O–H groups in total. The highest BCUT2D eigenvalue weighted by molar-refractivity contribution is 5.71. The van der Waals surface area contributed by atoms with Gasteiger partial charge in [0.2, 0.25) is 0 Å². The largest absolute Gasteiger partial charge is 0.298 e. The van der Waals surface area contributed by atoms with E-state index >= 15 is 0 Å². The first-order valence-corrected chi connectivity index (χ1v) is 4.82. The Morgan fingerprint density at radius 2 is 2.17 bits per heavy atom. The fourth-order valence-electron chi connectivity index (χ4n) is 1.11. The van der Waals surface area contributed by atoms with Gasteiger partial charge >= 0.3 is 0 Å². The van der Waals surface area contributed by atoms with Crippen LogP contribution in [0.2, 0.25) is 0 Å². The van der Waals surface area contributed by atoms with Crippen LogP contribution >= 0.6 is 0 Å². The van der Waals surface area contributed by atoms with Gasteiger partial charge in [-0.25, -0.2) is 0 Å². The molecule has 0 radical (unpaired) electrons.